The summed E-state index contributed by atoms with van der Waals surface area (Å²) >= 11 is 0. The minimum absolute atomic E-state index is 0.222. The normalized spacial score (nSPS) is 17.9. The third kappa shape index (κ3) is 6.70. The number of hydrogen-bond acceptors (Lipinski definition) is 6. The first kappa shape index (κ1) is 27.6. The highest BCUT2D eigenvalue weighted by Crippen LogP contribution is 2.26. The number of amides is 1. The van der Waals surface area contributed by atoms with Crippen LogP contribution in [-0.2, 0) is 31.4 Å². The minimum Gasteiger partial charge on any atom is -0.484 e. The highest BCUT2D eigenvalue weighted by atomic mass is 32.2. The molecule has 2 aromatic rings. The Morgan fingerprint density at radius 3 is 1.84 bits per heavy atom. The Morgan fingerprint density at radius 2 is 1.30 bits per heavy atom. The number of nitrogens with one attached hydrogen (secondary N) is 1. The number of ether oxygens (including phenoxy) is 1. The number of hydrogen-bond donors (Lipinski definition) is 1. The van der Waals surface area contributed by atoms with Gasteiger partial charge in [-0.3, -0.25) is 4.79 Å². The Balaban J connectivity index is 1.28. The van der Waals surface area contributed by atoms with Crippen LogP contribution in [0, 0.1) is 6.92 Å². The summed E-state index contributed by atoms with van der Waals surface area (Å²) in [6.45, 7) is 3.95. The first-order valence-corrected chi connectivity index (χ1v) is 15.7. The van der Waals surface area contributed by atoms with Gasteiger partial charge in [0.15, 0.2) is 6.61 Å². The zero-order valence-corrected chi connectivity index (χ0v) is 22.8. The summed E-state index contributed by atoms with van der Waals surface area (Å²) in [5.41, 5.74) is 1.41. The van der Waals surface area contributed by atoms with E-state index in [1.807, 2.05) is 0 Å². The molecule has 0 radical (unpaired) electrons. The van der Waals surface area contributed by atoms with E-state index in [9.17, 15) is 21.6 Å². The molecular weight excluding hydrogens is 514 g/mol. The molecule has 1 N–H and O–H groups in total. The van der Waals surface area contributed by atoms with Crippen LogP contribution in [0.3, 0.4) is 0 Å². The van der Waals surface area contributed by atoms with Gasteiger partial charge in [-0.25, -0.2) is 16.8 Å². The Bertz CT molecular complexity index is 1300. The lowest BCUT2D eigenvalue weighted by atomic mass is 10.2. The van der Waals surface area contributed by atoms with E-state index in [1.165, 1.54) is 14.7 Å². The number of carbonyl (C=O) groups is 1. The Labute approximate surface area is 219 Å². The second-order valence-electron chi connectivity index (χ2n) is 9.57. The Kier molecular flexibility index (Phi) is 8.89. The molecule has 0 saturated carbocycles. The van der Waals surface area contributed by atoms with Gasteiger partial charge < -0.3 is 10.1 Å². The van der Waals surface area contributed by atoms with Gasteiger partial charge in [0, 0.05) is 32.7 Å². The lowest BCUT2D eigenvalue weighted by molar-refractivity contribution is -0.123. The molecule has 0 aromatic heterocycles. The molecule has 2 fully saturated rings. The van der Waals surface area contributed by atoms with Crippen LogP contribution in [-0.4, -0.2) is 64.1 Å². The van der Waals surface area contributed by atoms with Crippen molar-refractivity contribution >= 4 is 26.0 Å². The van der Waals surface area contributed by atoms with Gasteiger partial charge in [-0.05, 0) is 74.1 Å². The van der Waals surface area contributed by atoms with E-state index in [-0.39, 0.29) is 28.8 Å². The summed E-state index contributed by atoms with van der Waals surface area (Å²) in [6, 6.07) is 11.2. The SMILES string of the molecule is Cc1cc(S(=O)(=O)N2CCCCC2)ccc1OCC(=O)NCc1ccc(S(=O)(=O)N2CCCCC2)cc1. The molecule has 0 atom stereocenters. The fourth-order valence-electron chi connectivity index (χ4n) is 4.63. The number of aryl methyl sites for hydroxylation is 1. The quantitative estimate of drug-likeness (QED) is 0.515. The number of rotatable bonds is 9. The fraction of sp³-hybridized carbons (Fsp3) is 0.500. The largest absolute Gasteiger partial charge is 0.484 e. The van der Waals surface area contributed by atoms with Gasteiger partial charge in [0.1, 0.15) is 5.75 Å². The molecule has 0 bridgehead atoms. The van der Waals surface area contributed by atoms with Crippen molar-refractivity contribution in [1.29, 1.82) is 0 Å². The van der Waals surface area contributed by atoms with Crippen molar-refractivity contribution in [3.63, 3.8) is 0 Å². The predicted molar refractivity (Wildman–Crippen MR) is 140 cm³/mol. The summed E-state index contributed by atoms with van der Waals surface area (Å²) in [7, 11) is -7.02. The van der Waals surface area contributed by atoms with Crippen molar-refractivity contribution in [3.05, 3.63) is 53.6 Å². The molecule has 0 aliphatic carbocycles. The van der Waals surface area contributed by atoms with Crippen molar-refractivity contribution in [2.24, 2.45) is 0 Å². The summed E-state index contributed by atoms with van der Waals surface area (Å²) in [5.74, 6) is 0.106. The molecule has 2 saturated heterocycles. The molecule has 11 heteroatoms. The van der Waals surface area contributed by atoms with E-state index < -0.39 is 20.0 Å². The summed E-state index contributed by atoms with van der Waals surface area (Å²) in [6.07, 6.45) is 5.61. The van der Waals surface area contributed by atoms with E-state index in [4.69, 9.17) is 4.74 Å². The Hall–Kier alpha value is -2.47. The topological polar surface area (TPSA) is 113 Å². The molecule has 2 heterocycles. The first-order valence-electron chi connectivity index (χ1n) is 12.8. The summed E-state index contributed by atoms with van der Waals surface area (Å²) in [4.78, 5) is 12.8. The third-order valence-corrected chi connectivity index (χ3v) is 10.6. The second-order valence-corrected chi connectivity index (χ2v) is 13.4. The van der Waals surface area contributed by atoms with Gasteiger partial charge in [0.05, 0.1) is 9.79 Å². The van der Waals surface area contributed by atoms with Crippen LogP contribution in [0.5, 0.6) is 5.75 Å². The predicted octanol–water partition coefficient (Wildman–Crippen LogP) is 3.04. The van der Waals surface area contributed by atoms with Gasteiger partial charge in [-0.15, -0.1) is 0 Å². The van der Waals surface area contributed by atoms with Gasteiger partial charge in [0.2, 0.25) is 20.0 Å². The molecule has 1 amide bonds. The molecular formula is C26H35N3O6S2. The van der Waals surface area contributed by atoms with Gasteiger partial charge >= 0.3 is 0 Å². The lowest BCUT2D eigenvalue weighted by Gasteiger charge is -2.26. The number of carbonyl (C=O) groups excluding carboxylic acids is 1. The van der Waals surface area contributed by atoms with E-state index in [1.54, 1.807) is 43.3 Å². The summed E-state index contributed by atoms with van der Waals surface area (Å²) in [5, 5.41) is 2.76. The third-order valence-electron chi connectivity index (χ3n) is 6.82. The average molecular weight is 550 g/mol. The number of nitrogens with zero attached hydrogens (tertiary/aromatic N) is 2. The van der Waals surface area contributed by atoms with Crippen LogP contribution >= 0.6 is 0 Å². The smallest absolute Gasteiger partial charge is 0.258 e. The lowest BCUT2D eigenvalue weighted by Crippen LogP contribution is -2.35. The monoisotopic (exact) mass is 549 g/mol. The van der Waals surface area contributed by atoms with Gasteiger partial charge in [0.25, 0.3) is 5.91 Å². The molecule has 9 nitrogen and oxygen atoms in total. The zero-order valence-electron chi connectivity index (χ0n) is 21.2. The van der Waals surface area contributed by atoms with E-state index in [0.29, 0.717) is 37.5 Å². The second kappa shape index (κ2) is 11.9. The highest BCUT2D eigenvalue weighted by Gasteiger charge is 2.27. The van der Waals surface area contributed by atoms with E-state index in [2.05, 4.69) is 5.32 Å². The van der Waals surface area contributed by atoms with Crippen LogP contribution < -0.4 is 10.1 Å². The van der Waals surface area contributed by atoms with Crippen LogP contribution in [0.2, 0.25) is 0 Å². The highest BCUT2D eigenvalue weighted by molar-refractivity contribution is 7.89. The standard InChI is InChI=1S/C26H35N3O6S2/c1-21-18-24(37(33,34)29-16-6-3-7-17-29)12-13-25(21)35-20-26(30)27-19-22-8-10-23(11-9-22)36(31,32)28-14-4-2-5-15-28/h8-13,18H,2-7,14-17,19-20H2,1H3,(H,27,30). The Morgan fingerprint density at radius 1 is 0.784 bits per heavy atom. The van der Waals surface area contributed by atoms with Crippen LogP contribution in [0.1, 0.15) is 49.7 Å². The van der Waals surface area contributed by atoms with Crippen molar-refractivity contribution < 1.29 is 26.4 Å². The molecule has 37 heavy (non-hydrogen) atoms. The van der Waals surface area contributed by atoms with Crippen molar-refractivity contribution in [1.82, 2.24) is 13.9 Å². The number of benzene rings is 2. The molecule has 202 valence electrons. The van der Waals surface area contributed by atoms with Crippen molar-refractivity contribution in [2.45, 2.75) is 61.8 Å². The maximum absolute atomic E-state index is 12.9. The van der Waals surface area contributed by atoms with Crippen molar-refractivity contribution in [2.75, 3.05) is 32.8 Å². The molecule has 0 unspecified atom stereocenters. The van der Waals surface area contributed by atoms with Crippen molar-refractivity contribution in [3.8, 4) is 5.75 Å². The maximum Gasteiger partial charge on any atom is 0.258 e. The zero-order chi connectivity index (χ0) is 26.5. The molecule has 2 aliphatic heterocycles. The molecule has 4 rings (SSSR count). The summed E-state index contributed by atoms with van der Waals surface area (Å²) < 4.78 is 60.0. The molecule has 0 spiro atoms. The van der Waals surface area contributed by atoms with Gasteiger partial charge in [-0.1, -0.05) is 25.0 Å². The van der Waals surface area contributed by atoms with Crippen LogP contribution in [0.25, 0.3) is 0 Å². The maximum atomic E-state index is 12.9. The fourth-order valence-corrected chi connectivity index (χ4v) is 7.75. The number of sulfonamides is 2. The van der Waals surface area contributed by atoms with E-state index >= 15 is 0 Å². The van der Waals surface area contributed by atoms with Gasteiger partial charge in [-0.2, -0.15) is 8.61 Å². The first-order chi connectivity index (χ1) is 17.7. The molecule has 2 aromatic carbocycles. The number of piperidine rings is 2. The minimum atomic E-state index is -3.53. The van der Waals surface area contributed by atoms with Crippen LogP contribution in [0.4, 0.5) is 0 Å². The van der Waals surface area contributed by atoms with Crippen LogP contribution in [0.15, 0.2) is 52.3 Å². The van der Waals surface area contributed by atoms with E-state index in [0.717, 1.165) is 44.1 Å². The average Bonchev–Trinajstić information content (AvgIpc) is 2.92. The molecule has 2 aliphatic rings.